The summed E-state index contributed by atoms with van der Waals surface area (Å²) < 4.78 is 17.8. The van der Waals surface area contributed by atoms with Gasteiger partial charge in [-0.1, -0.05) is 17.3 Å². The molecule has 16 heavy (non-hydrogen) atoms. The molecule has 84 valence electrons. The Hall–Kier alpha value is -1.75. The molecule has 0 aliphatic heterocycles. The zero-order valence-corrected chi connectivity index (χ0v) is 8.72. The van der Waals surface area contributed by atoms with Crippen molar-refractivity contribution < 1.29 is 14.0 Å². The van der Waals surface area contributed by atoms with Crippen LogP contribution in [0.1, 0.15) is 30.3 Å². The predicted octanol–water partition coefficient (Wildman–Crippen LogP) is 1.85. The number of hydrogen-bond donors (Lipinski definition) is 1. The van der Waals surface area contributed by atoms with Crippen molar-refractivity contribution in [3.8, 4) is 0 Å². The fourth-order valence-corrected chi connectivity index (χ4v) is 1.33. The average Bonchev–Trinajstić information content (AvgIpc) is 2.66. The summed E-state index contributed by atoms with van der Waals surface area (Å²) in [5.41, 5.74) is 0.751. The van der Waals surface area contributed by atoms with Gasteiger partial charge in [0.1, 0.15) is 11.9 Å². The van der Waals surface area contributed by atoms with E-state index in [1.54, 1.807) is 19.1 Å². The smallest absolute Gasteiger partial charge is 0.231 e. The first-order valence-electron chi connectivity index (χ1n) is 4.90. The highest BCUT2D eigenvalue weighted by molar-refractivity contribution is 5.19. The van der Waals surface area contributed by atoms with Crippen LogP contribution in [0.2, 0.25) is 0 Å². The Morgan fingerprint density at radius 1 is 1.50 bits per heavy atom. The molecule has 2 rings (SSSR count). The van der Waals surface area contributed by atoms with E-state index in [0.717, 1.165) is 5.56 Å². The maximum atomic E-state index is 12.9. The summed E-state index contributed by atoms with van der Waals surface area (Å²) in [6, 6.07) is 6.18. The first kappa shape index (κ1) is 10.8. The van der Waals surface area contributed by atoms with E-state index in [0.29, 0.717) is 12.3 Å². The zero-order valence-electron chi connectivity index (χ0n) is 8.72. The van der Waals surface area contributed by atoms with Crippen molar-refractivity contribution in [1.29, 1.82) is 0 Å². The molecule has 1 unspecified atom stereocenters. The van der Waals surface area contributed by atoms with E-state index in [9.17, 15) is 9.50 Å². The van der Waals surface area contributed by atoms with Crippen LogP contribution in [0.25, 0.3) is 0 Å². The normalized spacial score (nSPS) is 12.7. The van der Waals surface area contributed by atoms with Gasteiger partial charge in [0, 0.05) is 0 Å². The molecule has 0 fully saturated rings. The van der Waals surface area contributed by atoms with Gasteiger partial charge in [0.05, 0.1) is 6.42 Å². The van der Waals surface area contributed by atoms with Crippen LogP contribution in [-0.2, 0) is 6.42 Å². The Morgan fingerprint density at radius 2 is 2.31 bits per heavy atom. The minimum Gasteiger partial charge on any atom is -0.385 e. The van der Waals surface area contributed by atoms with E-state index in [1.165, 1.54) is 12.1 Å². The maximum absolute atomic E-state index is 12.9. The number of rotatable bonds is 3. The summed E-state index contributed by atoms with van der Waals surface area (Å²) in [7, 11) is 0. The first-order chi connectivity index (χ1) is 7.65. The van der Waals surface area contributed by atoms with Crippen LogP contribution in [0.3, 0.4) is 0 Å². The average molecular weight is 222 g/mol. The molecule has 0 aliphatic rings. The molecule has 4 nitrogen and oxygen atoms in total. The summed E-state index contributed by atoms with van der Waals surface area (Å²) in [4.78, 5) is 3.98. The number of benzene rings is 1. The lowest BCUT2D eigenvalue weighted by molar-refractivity contribution is 0.184. The molecule has 0 saturated carbocycles. The van der Waals surface area contributed by atoms with Crippen LogP contribution in [0.15, 0.2) is 28.8 Å². The highest BCUT2D eigenvalue weighted by atomic mass is 19.1. The Bertz CT molecular complexity index is 482. The number of aliphatic hydroxyl groups excluding tert-OH is 1. The van der Waals surface area contributed by atoms with Gasteiger partial charge in [0.25, 0.3) is 0 Å². The Labute approximate surface area is 91.7 Å². The van der Waals surface area contributed by atoms with Crippen molar-refractivity contribution >= 4 is 0 Å². The van der Waals surface area contributed by atoms with Crippen LogP contribution < -0.4 is 0 Å². The number of aromatic nitrogens is 2. The molecule has 0 bridgehead atoms. The van der Waals surface area contributed by atoms with Gasteiger partial charge in [-0.3, -0.25) is 0 Å². The molecule has 0 saturated heterocycles. The minimum atomic E-state index is -0.759. The van der Waals surface area contributed by atoms with Crippen LogP contribution in [0.4, 0.5) is 4.39 Å². The van der Waals surface area contributed by atoms with Gasteiger partial charge in [-0.25, -0.2) is 4.39 Å². The van der Waals surface area contributed by atoms with Gasteiger partial charge in [-0.05, 0) is 24.6 Å². The third-order valence-corrected chi connectivity index (χ3v) is 2.10. The molecule has 1 atom stereocenters. The summed E-state index contributed by atoms with van der Waals surface area (Å²) in [5, 5.41) is 12.8. The second kappa shape index (κ2) is 4.40. The molecule has 1 aromatic heterocycles. The summed E-state index contributed by atoms with van der Waals surface area (Å²) >= 11 is 0. The lowest BCUT2D eigenvalue weighted by atomic mass is 10.1. The summed E-state index contributed by atoms with van der Waals surface area (Å²) in [5.74, 6) is 0.306. The molecule has 2 aromatic rings. The van der Waals surface area contributed by atoms with E-state index < -0.39 is 6.10 Å². The molecule has 1 N–H and O–H groups in total. The maximum Gasteiger partial charge on any atom is 0.231 e. The summed E-state index contributed by atoms with van der Waals surface area (Å²) in [6.45, 7) is 1.55. The van der Waals surface area contributed by atoms with Crippen LogP contribution in [0.5, 0.6) is 0 Å². The van der Waals surface area contributed by atoms with Crippen molar-refractivity contribution in [3.05, 3.63) is 47.4 Å². The van der Waals surface area contributed by atoms with Crippen LogP contribution in [-0.4, -0.2) is 15.2 Å². The Kier molecular flexibility index (Phi) is 2.96. The molecular formula is C11H11FN2O2. The van der Waals surface area contributed by atoms with Crippen molar-refractivity contribution in [3.63, 3.8) is 0 Å². The Morgan fingerprint density at radius 3 is 2.94 bits per heavy atom. The molecule has 0 amide bonds. The summed E-state index contributed by atoms with van der Waals surface area (Å²) in [6.07, 6.45) is -0.401. The molecule has 1 aromatic carbocycles. The van der Waals surface area contributed by atoms with E-state index >= 15 is 0 Å². The van der Waals surface area contributed by atoms with E-state index in [2.05, 4.69) is 10.1 Å². The monoisotopic (exact) mass is 222 g/mol. The molecular weight excluding hydrogens is 211 g/mol. The highest BCUT2D eigenvalue weighted by Crippen LogP contribution is 2.12. The van der Waals surface area contributed by atoms with E-state index in [-0.39, 0.29) is 11.6 Å². The van der Waals surface area contributed by atoms with Crippen molar-refractivity contribution in [2.75, 3.05) is 0 Å². The number of aliphatic hydroxyl groups is 1. The van der Waals surface area contributed by atoms with Gasteiger partial charge in [-0.15, -0.1) is 0 Å². The molecule has 0 radical (unpaired) electrons. The molecule has 5 heteroatoms. The highest BCUT2D eigenvalue weighted by Gasteiger charge is 2.11. The van der Waals surface area contributed by atoms with Gasteiger partial charge in [0.15, 0.2) is 5.82 Å². The first-order valence-corrected chi connectivity index (χ1v) is 4.90. The van der Waals surface area contributed by atoms with Crippen LogP contribution in [0, 0.1) is 5.82 Å². The van der Waals surface area contributed by atoms with Gasteiger partial charge in [-0.2, -0.15) is 4.98 Å². The van der Waals surface area contributed by atoms with Crippen molar-refractivity contribution in [2.24, 2.45) is 0 Å². The lowest BCUT2D eigenvalue weighted by Crippen LogP contribution is -1.94. The molecule has 0 aliphatic carbocycles. The van der Waals surface area contributed by atoms with Gasteiger partial charge >= 0.3 is 0 Å². The van der Waals surface area contributed by atoms with Crippen molar-refractivity contribution in [1.82, 2.24) is 10.1 Å². The molecule has 1 heterocycles. The van der Waals surface area contributed by atoms with E-state index in [1.807, 2.05) is 0 Å². The lowest BCUT2D eigenvalue weighted by Gasteiger charge is -1.96. The predicted molar refractivity (Wildman–Crippen MR) is 54.1 cm³/mol. The third-order valence-electron chi connectivity index (χ3n) is 2.10. The standard InChI is InChI=1S/C11H11FN2O2/c1-7(15)11-13-10(16-14-11)6-8-3-2-4-9(12)5-8/h2-5,7,15H,6H2,1H3. The minimum absolute atomic E-state index is 0.242. The van der Waals surface area contributed by atoms with Gasteiger partial charge in [0.2, 0.25) is 5.89 Å². The second-order valence-electron chi connectivity index (χ2n) is 3.53. The topological polar surface area (TPSA) is 59.2 Å². The Balaban J connectivity index is 2.14. The largest absolute Gasteiger partial charge is 0.385 e. The fraction of sp³-hybridized carbons (Fsp3) is 0.273. The second-order valence-corrected chi connectivity index (χ2v) is 3.53. The fourth-order valence-electron chi connectivity index (χ4n) is 1.33. The number of hydrogen-bond acceptors (Lipinski definition) is 4. The zero-order chi connectivity index (χ0) is 11.5. The molecule has 0 spiro atoms. The van der Waals surface area contributed by atoms with E-state index in [4.69, 9.17) is 4.52 Å². The quantitative estimate of drug-likeness (QED) is 0.861. The van der Waals surface area contributed by atoms with Gasteiger partial charge < -0.3 is 9.63 Å². The number of halogens is 1. The SMILES string of the molecule is CC(O)c1noc(Cc2cccc(F)c2)n1. The number of nitrogens with zero attached hydrogens (tertiary/aromatic N) is 2. The van der Waals surface area contributed by atoms with Crippen LogP contribution >= 0.6 is 0 Å². The third kappa shape index (κ3) is 2.43. The van der Waals surface area contributed by atoms with Crippen molar-refractivity contribution in [2.45, 2.75) is 19.4 Å².